The Bertz CT molecular complexity index is 708. The van der Waals surface area contributed by atoms with E-state index in [1.165, 1.54) is 0 Å². The van der Waals surface area contributed by atoms with Crippen LogP contribution in [0.25, 0.3) is 0 Å². The van der Waals surface area contributed by atoms with Gasteiger partial charge < -0.3 is 19.8 Å². The van der Waals surface area contributed by atoms with Crippen LogP contribution in [0, 0.1) is 0 Å². The zero-order chi connectivity index (χ0) is 16.8. The van der Waals surface area contributed by atoms with Gasteiger partial charge in [0.2, 0.25) is 0 Å². The summed E-state index contributed by atoms with van der Waals surface area (Å²) < 4.78 is 11.4. The molecule has 1 aliphatic rings. The third kappa shape index (κ3) is 3.93. The van der Waals surface area contributed by atoms with E-state index < -0.39 is 0 Å². The van der Waals surface area contributed by atoms with Gasteiger partial charge in [0.05, 0.1) is 6.61 Å². The van der Waals surface area contributed by atoms with Gasteiger partial charge in [0.1, 0.15) is 11.5 Å². The van der Waals surface area contributed by atoms with Crippen molar-refractivity contribution in [2.24, 2.45) is 5.16 Å². The van der Waals surface area contributed by atoms with Crippen LogP contribution in [0.15, 0.2) is 53.7 Å². The largest absolute Gasteiger partial charge is 0.508 e. The van der Waals surface area contributed by atoms with Crippen molar-refractivity contribution in [1.82, 2.24) is 0 Å². The molecule has 1 aliphatic heterocycles. The summed E-state index contributed by atoms with van der Waals surface area (Å²) in [7, 11) is 0. The van der Waals surface area contributed by atoms with Crippen LogP contribution in [0.5, 0.6) is 5.75 Å². The maximum Gasteiger partial charge on any atom is 0.158 e. The molecule has 0 radical (unpaired) electrons. The topological polar surface area (TPSA) is 71.3 Å². The number of phenolic OH excluding ortho intramolecular Hbond substituents is 1. The lowest BCUT2D eigenvalue weighted by Crippen LogP contribution is -2.22. The summed E-state index contributed by atoms with van der Waals surface area (Å²) in [6, 6.07) is 14.3. The molecule has 1 heterocycles. The molecular weight excluding hydrogens is 306 g/mol. The fourth-order valence-electron chi connectivity index (χ4n) is 2.82. The second-order valence-electron chi connectivity index (χ2n) is 5.76. The molecule has 2 aromatic carbocycles. The van der Waals surface area contributed by atoms with E-state index in [-0.39, 0.29) is 12.0 Å². The molecule has 1 fully saturated rings. The van der Waals surface area contributed by atoms with Crippen LogP contribution >= 0.6 is 0 Å². The number of oxime groups is 1. The van der Waals surface area contributed by atoms with E-state index in [1.807, 2.05) is 24.3 Å². The molecule has 0 spiro atoms. The summed E-state index contributed by atoms with van der Waals surface area (Å²) in [4.78, 5) is 0. The number of phenols is 1. The summed E-state index contributed by atoms with van der Waals surface area (Å²) in [5.74, 6) is 0.123. The van der Waals surface area contributed by atoms with E-state index in [0.717, 1.165) is 37.0 Å². The molecular formula is C19H21NO4. The SMILES string of the molecule is O/N=C(/c1cccc(O)c1)c1ccccc1COC1CCCCO1. The number of hydrogen-bond acceptors (Lipinski definition) is 5. The predicted octanol–water partition coefficient (Wildman–Crippen LogP) is 3.66. The maximum absolute atomic E-state index is 9.67. The number of benzene rings is 2. The van der Waals surface area contributed by atoms with Gasteiger partial charge in [0, 0.05) is 17.7 Å². The standard InChI is InChI=1S/C19H21NO4/c21-16-8-5-7-14(12-16)19(20-22)17-9-2-1-6-15(17)13-24-18-10-3-4-11-23-18/h1-2,5-9,12,18,21-22H,3-4,10-11,13H2/b20-19-. The van der Waals surface area contributed by atoms with Crippen molar-refractivity contribution < 1.29 is 19.8 Å². The quantitative estimate of drug-likeness (QED) is 0.499. The Kier molecular flexibility index (Phi) is 5.46. The van der Waals surface area contributed by atoms with Crippen LogP contribution in [0.2, 0.25) is 0 Å². The molecule has 1 unspecified atom stereocenters. The minimum Gasteiger partial charge on any atom is -0.508 e. The average Bonchev–Trinajstić information content (AvgIpc) is 2.62. The Hall–Kier alpha value is -2.37. The monoisotopic (exact) mass is 327 g/mol. The summed E-state index contributed by atoms with van der Waals surface area (Å²) in [6.07, 6.45) is 2.91. The van der Waals surface area contributed by atoms with Crippen LogP contribution in [-0.2, 0) is 16.1 Å². The molecule has 0 bridgehead atoms. The molecule has 126 valence electrons. The second kappa shape index (κ2) is 7.95. The number of rotatable bonds is 5. The molecule has 5 nitrogen and oxygen atoms in total. The number of ether oxygens (including phenoxy) is 2. The van der Waals surface area contributed by atoms with E-state index in [2.05, 4.69) is 5.16 Å². The Labute approximate surface area is 141 Å². The Morgan fingerprint density at radius 3 is 2.79 bits per heavy atom. The second-order valence-corrected chi connectivity index (χ2v) is 5.76. The van der Waals surface area contributed by atoms with Crippen LogP contribution in [0.4, 0.5) is 0 Å². The van der Waals surface area contributed by atoms with Crippen molar-refractivity contribution in [3.63, 3.8) is 0 Å². The lowest BCUT2D eigenvalue weighted by molar-refractivity contribution is -0.168. The van der Waals surface area contributed by atoms with E-state index in [0.29, 0.717) is 17.9 Å². The van der Waals surface area contributed by atoms with E-state index >= 15 is 0 Å². The number of aromatic hydroxyl groups is 1. The third-order valence-corrected chi connectivity index (χ3v) is 4.05. The fraction of sp³-hybridized carbons (Fsp3) is 0.316. The van der Waals surface area contributed by atoms with Crippen LogP contribution in [-0.4, -0.2) is 28.9 Å². The number of hydrogen-bond donors (Lipinski definition) is 2. The van der Waals surface area contributed by atoms with E-state index in [1.54, 1.807) is 24.3 Å². The normalized spacial score (nSPS) is 18.5. The van der Waals surface area contributed by atoms with E-state index in [4.69, 9.17) is 9.47 Å². The molecule has 1 saturated heterocycles. The average molecular weight is 327 g/mol. The first-order chi connectivity index (χ1) is 11.8. The molecule has 1 atom stereocenters. The minimum absolute atomic E-state index is 0.123. The van der Waals surface area contributed by atoms with Gasteiger partial charge in [-0.25, -0.2) is 0 Å². The molecule has 2 N–H and O–H groups in total. The predicted molar refractivity (Wildman–Crippen MR) is 90.4 cm³/mol. The highest BCUT2D eigenvalue weighted by molar-refractivity contribution is 6.13. The van der Waals surface area contributed by atoms with Crippen molar-refractivity contribution in [3.8, 4) is 5.75 Å². The van der Waals surface area contributed by atoms with Crippen molar-refractivity contribution in [2.45, 2.75) is 32.2 Å². The molecule has 0 amide bonds. The minimum atomic E-state index is -0.179. The fourth-order valence-corrected chi connectivity index (χ4v) is 2.82. The highest BCUT2D eigenvalue weighted by Crippen LogP contribution is 2.21. The van der Waals surface area contributed by atoms with Gasteiger partial charge in [-0.15, -0.1) is 0 Å². The molecule has 24 heavy (non-hydrogen) atoms. The highest BCUT2D eigenvalue weighted by Gasteiger charge is 2.17. The summed E-state index contributed by atoms with van der Waals surface area (Å²) in [6.45, 7) is 1.11. The molecule has 3 rings (SSSR count). The Morgan fingerprint density at radius 2 is 2.04 bits per heavy atom. The van der Waals surface area contributed by atoms with Gasteiger partial charge in [-0.05, 0) is 37.0 Å². The molecule has 2 aromatic rings. The zero-order valence-electron chi connectivity index (χ0n) is 13.4. The molecule has 5 heteroatoms. The zero-order valence-corrected chi connectivity index (χ0v) is 13.4. The van der Waals surface area contributed by atoms with Gasteiger partial charge in [0.15, 0.2) is 6.29 Å². The molecule has 0 saturated carbocycles. The van der Waals surface area contributed by atoms with Gasteiger partial charge in [-0.2, -0.15) is 0 Å². The van der Waals surface area contributed by atoms with Gasteiger partial charge in [-0.3, -0.25) is 0 Å². The van der Waals surface area contributed by atoms with Gasteiger partial charge in [-0.1, -0.05) is 41.6 Å². The van der Waals surface area contributed by atoms with Crippen LogP contribution in [0.1, 0.15) is 36.0 Å². The highest BCUT2D eigenvalue weighted by atomic mass is 16.7. The summed E-state index contributed by atoms with van der Waals surface area (Å²) >= 11 is 0. The number of nitrogens with zero attached hydrogens (tertiary/aromatic N) is 1. The Balaban J connectivity index is 1.82. The molecule has 0 aromatic heterocycles. The third-order valence-electron chi connectivity index (χ3n) is 4.05. The van der Waals surface area contributed by atoms with Crippen LogP contribution < -0.4 is 0 Å². The van der Waals surface area contributed by atoms with Crippen LogP contribution in [0.3, 0.4) is 0 Å². The first kappa shape index (κ1) is 16.5. The first-order valence-electron chi connectivity index (χ1n) is 8.11. The lowest BCUT2D eigenvalue weighted by Gasteiger charge is -2.23. The van der Waals surface area contributed by atoms with E-state index in [9.17, 15) is 10.3 Å². The summed E-state index contributed by atoms with van der Waals surface area (Å²) in [5.41, 5.74) is 2.71. The van der Waals surface area contributed by atoms with Crippen molar-refractivity contribution >= 4 is 5.71 Å². The lowest BCUT2D eigenvalue weighted by atomic mass is 9.98. The van der Waals surface area contributed by atoms with Crippen molar-refractivity contribution in [3.05, 3.63) is 65.2 Å². The summed E-state index contributed by atoms with van der Waals surface area (Å²) in [5, 5.41) is 22.6. The first-order valence-corrected chi connectivity index (χ1v) is 8.11. The van der Waals surface area contributed by atoms with Gasteiger partial charge >= 0.3 is 0 Å². The van der Waals surface area contributed by atoms with Crippen molar-refractivity contribution in [1.29, 1.82) is 0 Å². The molecule has 0 aliphatic carbocycles. The van der Waals surface area contributed by atoms with Crippen molar-refractivity contribution in [2.75, 3.05) is 6.61 Å². The smallest absolute Gasteiger partial charge is 0.158 e. The van der Waals surface area contributed by atoms with Gasteiger partial charge in [0.25, 0.3) is 0 Å². The Morgan fingerprint density at radius 1 is 1.17 bits per heavy atom. The maximum atomic E-state index is 9.67.